The number of hydrogen-bond donors (Lipinski definition) is 0. The van der Waals surface area contributed by atoms with Crippen molar-refractivity contribution in [2.45, 2.75) is 38.0 Å². The SMILES string of the molecule is O=C(Cn1ccccc1=O)N(C[C@H]1CCCO1)[C@H]1CCS(=O)(=O)C1. The van der Waals surface area contributed by atoms with E-state index in [1.54, 1.807) is 23.2 Å². The van der Waals surface area contributed by atoms with Crippen LogP contribution in [0.5, 0.6) is 0 Å². The first-order valence-corrected chi connectivity index (χ1v) is 10.0. The minimum Gasteiger partial charge on any atom is -0.376 e. The molecule has 0 spiro atoms. The van der Waals surface area contributed by atoms with Gasteiger partial charge in [-0.25, -0.2) is 8.42 Å². The molecule has 2 aliphatic heterocycles. The van der Waals surface area contributed by atoms with E-state index in [-0.39, 0.29) is 41.7 Å². The second-order valence-corrected chi connectivity index (χ2v) is 8.63. The Balaban J connectivity index is 1.76. The quantitative estimate of drug-likeness (QED) is 0.745. The van der Waals surface area contributed by atoms with Crippen LogP contribution in [0.25, 0.3) is 0 Å². The number of sulfone groups is 1. The maximum atomic E-state index is 12.8. The van der Waals surface area contributed by atoms with E-state index < -0.39 is 9.84 Å². The summed E-state index contributed by atoms with van der Waals surface area (Å²) in [6, 6.07) is 4.39. The molecular formula is C16H22N2O5S. The van der Waals surface area contributed by atoms with Crippen LogP contribution in [0.2, 0.25) is 0 Å². The molecule has 0 N–H and O–H groups in total. The van der Waals surface area contributed by atoms with E-state index in [9.17, 15) is 18.0 Å². The Morgan fingerprint density at radius 1 is 1.33 bits per heavy atom. The second-order valence-electron chi connectivity index (χ2n) is 6.40. The summed E-state index contributed by atoms with van der Waals surface area (Å²) in [6.45, 7) is 0.983. The van der Waals surface area contributed by atoms with Crippen molar-refractivity contribution in [3.8, 4) is 0 Å². The molecule has 0 radical (unpaired) electrons. The van der Waals surface area contributed by atoms with Crippen molar-refractivity contribution in [2.24, 2.45) is 0 Å². The fourth-order valence-electron chi connectivity index (χ4n) is 3.31. The third-order valence-electron chi connectivity index (χ3n) is 4.60. The minimum atomic E-state index is -3.09. The topological polar surface area (TPSA) is 85.7 Å². The highest BCUT2D eigenvalue weighted by molar-refractivity contribution is 7.91. The van der Waals surface area contributed by atoms with Gasteiger partial charge in [0.2, 0.25) is 5.91 Å². The highest BCUT2D eigenvalue weighted by Crippen LogP contribution is 2.21. The average Bonchev–Trinajstić information content (AvgIpc) is 3.16. The second kappa shape index (κ2) is 7.06. The monoisotopic (exact) mass is 354 g/mol. The van der Waals surface area contributed by atoms with Crippen molar-refractivity contribution in [2.75, 3.05) is 24.7 Å². The van der Waals surface area contributed by atoms with Crippen LogP contribution < -0.4 is 5.56 Å². The lowest BCUT2D eigenvalue weighted by Gasteiger charge is -2.30. The Morgan fingerprint density at radius 3 is 2.79 bits per heavy atom. The molecule has 2 atom stereocenters. The molecule has 1 amide bonds. The number of ether oxygens (including phenoxy) is 1. The predicted octanol–water partition coefficient (Wildman–Crippen LogP) is 0.0430. The smallest absolute Gasteiger partial charge is 0.250 e. The highest BCUT2D eigenvalue weighted by Gasteiger charge is 2.36. The largest absolute Gasteiger partial charge is 0.376 e. The summed E-state index contributed by atoms with van der Waals surface area (Å²) < 4.78 is 30.5. The van der Waals surface area contributed by atoms with Gasteiger partial charge in [-0.15, -0.1) is 0 Å². The number of carbonyl (C=O) groups excluding carboxylic acids is 1. The van der Waals surface area contributed by atoms with Gasteiger partial charge >= 0.3 is 0 Å². The van der Waals surface area contributed by atoms with E-state index in [2.05, 4.69) is 0 Å². The molecule has 1 aromatic heterocycles. The fraction of sp³-hybridized carbons (Fsp3) is 0.625. The van der Waals surface area contributed by atoms with E-state index in [4.69, 9.17) is 4.74 Å². The van der Waals surface area contributed by atoms with Gasteiger partial charge in [-0.1, -0.05) is 6.07 Å². The van der Waals surface area contributed by atoms with Crippen molar-refractivity contribution in [1.82, 2.24) is 9.47 Å². The van der Waals surface area contributed by atoms with Crippen molar-refractivity contribution in [1.29, 1.82) is 0 Å². The van der Waals surface area contributed by atoms with E-state index >= 15 is 0 Å². The number of nitrogens with zero attached hydrogens (tertiary/aromatic N) is 2. The summed E-state index contributed by atoms with van der Waals surface area (Å²) in [5.74, 6) is -0.131. The van der Waals surface area contributed by atoms with Gasteiger partial charge < -0.3 is 14.2 Å². The molecule has 0 unspecified atom stereocenters. The Kier molecular flexibility index (Phi) is 5.05. The van der Waals surface area contributed by atoms with Gasteiger partial charge in [0, 0.05) is 31.5 Å². The van der Waals surface area contributed by atoms with Crippen molar-refractivity contribution < 1.29 is 17.9 Å². The van der Waals surface area contributed by atoms with Crippen LogP contribution in [0, 0.1) is 0 Å². The molecule has 2 aliphatic rings. The van der Waals surface area contributed by atoms with Gasteiger partial charge in [0.1, 0.15) is 6.54 Å². The van der Waals surface area contributed by atoms with E-state index in [1.807, 2.05) is 0 Å². The van der Waals surface area contributed by atoms with Crippen LogP contribution in [0.4, 0.5) is 0 Å². The standard InChI is InChI=1S/C16H22N2O5S/c19-15-5-1-2-7-17(15)11-16(20)18(10-14-4-3-8-23-14)13-6-9-24(21,22)12-13/h1-2,5,7,13-14H,3-4,6,8-12H2/t13-,14+/m0/s1. The molecule has 0 aromatic carbocycles. The molecule has 7 nitrogen and oxygen atoms in total. The number of amides is 1. The lowest BCUT2D eigenvalue weighted by atomic mass is 10.1. The molecule has 24 heavy (non-hydrogen) atoms. The molecular weight excluding hydrogens is 332 g/mol. The summed E-state index contributed by atoms with van der Waals surface area (Å²) in [6.07, 6.45) is 3.78. The summed E-state index contributed by atoms with van der Waals surface area (Å²) >= 11 is 0. The van der Waals surface area contributed by atoms with Gasteiger partial charge in [-0.2, -0.15) is 0 Å². The minimum absolute atomic E-state index is 0.00481. The first kappa shape index (κ1) is 17.2. The lowest BCUT2D eigenvalue weighted by Crippen LogP contribution is -2.47. The first-order valence-electron chi connectivity index (χ1n) is 8.21. The summed E-state index contributed by atoms with van der Waals surface area (Å²) in [5.41, 5.74) is -0.248. The molecule has 3 heterocycles. The molecule has 0 saturated carbocycles. The summed E-state index contributed by atoms with van der Waals surface area (Å²) in [4.78, 5) is 26.2. The van der Waals surface area contributed by atoms with Crippen LogP contribution in [0.1, 0.15) is 19.3 Å². The Bertz CT molecular complexity index is 752. The van der Waals surface area contributed by atoms with Gasteiger partial charge in [-0.3, -0.25) is 9.59 Å². The molecule has 2 saturated heterocycles. The zero-order valence-electron chi connectivity index (χ0n) is 13.5. The molecule has 8 heteroatoms. The average molecular weight is 354 g/mol. The predicted molar refractivity (Wildman–Crippen MR) is 88.4 cm³/mol. The molecule has 2 fully saturated rings. The zero-order valence-corrected chi connectivity index (χ0v) is 14.3. The van der Waals surface area contributed by atoms with Gasteiger partial charge in [0.15, 0.2) is 9.84 Å². The van der Waals surface area contributed by atoms with Gasteiger partial charge in [0.25, 0.3) is 5.56 Å². The molecule has 1 aromatic rings. The maximum Gasteiger partial charge on any atom is 0.250 e. The Labute approximate surface area is 141 Å². The van der Waals surface area contributed by atoms with Crippen molar-refractivity contribution in [3.63, 3.8) is 0 Å². The fourth-order valence-corrected chi connectivity index (χ4v) is 5.04. The highest BCUT2D eigenvalue weighted by atomic mass is 32.2. The molecule has 132 valence electrons. The molecule has 0 bridgehead atoms. The van der Waals surface area contributed by atoms with E-state index in [0.717, 1.165) is 12.8 Å². The third-order valence-corrected chi connectivity index (χ3v) is 6.35. The number of hydrogen-bond acceptors (Lipinski definition) is 5. The zero-order chi connectivity index (χ0) is 17.2. The first-order chi connectivity index (χ1) is 11.4. The third kappa shape index (κ3) is 4.05. The van der Waals surface area contributed by atoms with Crippen LogP contribution in [-0.2, 0) is 25.9 Å². The van der Waals surface area contributed by atoms with Gasteiger partial charge in [-0.05, 0) is 25.3 Å². The number of rotatable bonds is 5. The van der Waals surface area contributed by atoms with Crippen molar-refractivity contribution in [3.05, 3.63) is 34.7 Å². The van der Waals surface area contributed by atoms with Crippen LogP contribution >= 0.6 is 0 Å². The molecule has 3 rings (SSSR count). The maximum absolute atomic E-state index is 12.8. The summed E-state index contributed by atoms with van der Waals surface area (Å²) in [5, 5.41) is 0. The summed E-state index contributed by atoms with van der Waals surface area (Å²) in [7, 11) is -3.09. The van der Waals surface area contributed by atoms with E-state index in [0.29, 0.717) is 19.6 Å². The van der Waals surface area contributed by atoms with Gasteiger partial charge in [0.05, 0.1) is 17.6 Å². The normalized spacial score (nSPS) is 25.7. The Hall–Kier alpha value is -1.67. The molecule has 0 aliphatic carbocycles. The number of carbonyl (C=O) groups is 1. The number of pyridine rings is 1. The van der Waals surface area contributed by atoms with Crippen molar-refractivity contribution >= 4 is 15.7 Å². The Morgan fingerprint density at radius 2 is 2.17 bits per heavy atom. The lowest BCUT2D eigenvalue weighted by molar-refractivity contribution is -0.135. The van der Waals surface area contributed by atoms with E-state index in [1.165, 1.54) is 10.6 Å². The van der Waals surface area contributed by atoms with Crippen LogP contribution in [0.15, 0.2) is 29.2 Å². The van der Waals surface area contributed by atoms with Crippen LogP contribution in [0.3, 0.4) is 0 Å². The van der Waals surface area contributed by atoms with Crippen LogP contribution in [-0.4, -0.2) is 60.6 Å². The number of aromatic nitrogens is 1.